The van der Waals surface area contributed by atoms with Crippen molar-refractivity contribution < 1.29 is 5.11 Å². The highest BCUT2D eigenvalue weighted by Crippen LogP contribution is 2.40. The molecule has 1 atom stereocenters. The Balaban J connectivity index is 2.04. The van der Waals surface area contributed by atoms with Gasteiger partial charge >= 0.3 is 0 Å². The summed E-state index contributed by atoms with van der Waals surface area (Å²) in [5.74, 6) is 1.05. The third-order valence-corrected chi connectivity index (χ3v) is 2.52. The molecule has 0 aliphatic heterocycles. The van der Waals surface area contributed by atoms with Crippen LogP contribution in [0.3, 0.4) is 0 Å². The number of hydrogen-bond donors (Lipinski definition) is 1. The van der Waals surface area contributed by atoms with E-state index < -0.39 is 5.60 Å². The Labute approximate surface area is 76.8 Å². The summed E-state index contributed by atoms with van der Waals surface area (Å²) in [6.45, 7) is 1.85. The van der Waals surface area contributed by atoms with Crippen molar-refractivity contribution in [1.29, 1.82) is 0 Å². The summed E-state index contributed by atoms with van der Waals surface area (Å²) in [5.41, 5.74) is -0.650. The van der Waals surface area contributed by atoms with Gasteiger partial charge in [0, 0.05) is 6.42 Å². The van der Waals surface area contributed by atoms with Gasteiger partial charge in [0.05, 0.1) is 12.6 Å². The Morgan fingerprint density at radius 2 is 2.31 bits per heavy atom. The standard InChI is InChI=1S/C8H14N4O/c1-8(13,6-3-4-6)5-7-9-11-12(2)10-7/h6,13H,3-5H2,1-2H3. The Morgan fingerprint density at radius 1 is 1.62 bits per heavy atom. The molecule has 13 heavy (non-hydrogen) atoms. The van der Waals surface area contributed by atoms with Crippen molar-refractivity contribution in [2.45, 2.75) is 31.8 Å². The summed E-state index contributed by atoms with van der Waals surface area (Å²) in [6.07, 6.45) is 2.74. The first-order valence-electron chi connectivity index (χ1n) is 4.53. The molecule has 0 amide bonds. The van der Waals surface area contributed by atoms with Gasteiger partial charge in [-0.25, -0.2) is 0 Å². The first kappa shape index (κ1) is 8.62. The van der Waals surface area contributed by atoms with Gasteiger partial charge < -0.3 is 5.11 Å². The second kappa shape index (κ2) is 2.77. The van der Waals surface area contributed by atoms with Crippen LogP contribution in [-0.2, 0) is 13.5 Å². The van der Waals surface area contributed by atoms with Crippen LogP contribution in [0.25, 0.3) is 0 Å². The molecule has 1 saturated carbocycles. The molecule has 2 rings (SSSR count). The van der Waals surface area contributed by atoms with E-state index in [1.807, 2.05) is 6.92 Å². The van der Waals surface area contributed by atoms with Gasteiger partial charge in [-0.1, -0.05) is 0 Å². The van der Waals surface area contributed by atoms with E-state index in [0.29, 0.717) is 18.2 Å². The van der Waals surface area contributed by atoms with Crippen LogP contribution in [0, 0.1) is 5.92 Å². The maximum absolute atomic E-state index is 10.00. The molecule has 5 nitrogen and oxygen atoms in total. The molecule has 0 saturated heterocycles. The van der Waals surface area contributed by atoms with E-state index in [1.165, 1.54) is 4.80 Å². The van der Waals surface area contributed by atoms with Crippen LogP contribution in [-0.4, -0.2) is 30.9 Å². The van der Waals surface area contributed by atoms with Gasteiger partial charge in [-0.05, 0) is 30.9 Å². The molecule has 1 unspecified atom stereocenters. The molecule has 1 aliphatic carbocycles. The lowest BCUT2D eigenvalue weighted by molar-refractivity contribution is 0.0352. The van der Waals surface area contributed by atoms with Crippen LogP contribution in [0.5, 0.6) is 0 Å². The highest BCUT2D eigenvalue weighted by Gasteiger charge is 2.40. The smallest absolute Gasteiger partial charge is 0.177 e. The maximum Gasteiger partial charge on any atom is 0.177 e. The third-order valence-electron chi connectivity index (χ3n) is 2.52. The molecule has 5 heteroatoms. The van der Waals surface area contributed by atoms with Crippen LogP contribution >= 0.6 is 0 Å². The van der Waals surface area contributed by atoms with Crippen LogP contribution in [0.1, 0.15) is 25.6 Å². The van der Waals surface area contributed by atoms with Gasteiger partial charge in [-0.15, -0.1) is 10.2 Å². The van der Waals surface area contributed by atoms with E-state index in [0.717, 1.165) is 12.8 Å². The van der Waals surface area contributed by atoms with Crippen molar-refractivity contribution in [3.05, 3.63) is 5.82 Å². The van der Waals surface area contributed by atoms with Crippen molar-refractivity contribution >= 4 is 0 Å². The summed E-state index contributed by atoms with van der Waals surface area (Å²) in [7, 11) is 1.72. The van der Waals surface area contributed by atoms with Crippen molar-refractivity contribution in [3.63, 3.8) is 0 Å². The van der Waals surface area contributed by atoms with Gasteiger partial charge in [-0.2, -0.15) is 4.80 Å². The number of aromatic nitrogens is 4. The second-order valence-corrected chi connectivity index (χ2v) is 4.00. The minimum Gasteiger partial charge on any atom is -0.389 e. The summed E-state index contributed by atoms with van der Waals surface area (Å²) in [5, 5.41) is 21.6. The van der Waals surface area contributed by atoms with Crippen molar-refractivity contribution in [2.24, 2.45) is 13.0 Å². The summed E-state index contributed by atoms with van der Waals surface area (Å²) in [4.78, 5) is 1.41. The second-order valence-electron chi connectivity index (χ2n) is 4.00. The molecule has 1 N–H and O–H groups in total. The first-order valence-corrected chi connectivity index (χ1v) is 4.53. The Morgan fingerprint density at radius 3 is 2.77 bits per heavy atom. The molecule has 72 valence electrons. The van der Waals surface area contributed by atoms with E-state index in [4.69, 9.17) is 0 Å². The van der Waals surface area contributed by atoms with Gasteiger partial charge in [0.1, 0.15) is 0 Å². The van der Waals surface area contributed by atoms with E-state index >= 15 is 0 Å². The minimum absolute atomic E-state index is 0.427. The largest absolute Gasteiger partial charge is 0.389 e. The Hall–Kier alpha value is -0.970. The van der Waals surface area contributed by atoms with E-state index in [9.17, 15) is 5.11 Å². The summed E-state index contributed by atoms with van der Waals surface area (Å²) in [6, 6.07) is 0. The third kappa shape index (κ3) is 1.85. The lowest BCUT2D eigenvalue weighted by Gasteiger charge is -2.20. The highest BCUT2D eigenvalue weighted by molar-refractivity contribution is 4.97. The van der Waals surface area contributed by atoms with Gasteiger partial charge in [-0.3, -0.25) is 0 Å². The van der Waals surface area contributed by atoms with Crippen LogP contribution < -0.4 is 0 Å². The summed E-state index contributed by atoms with van der Waals surface area (Å²) < 4.78 is 0. The molecule has 0 spiro atoms. The average molecular weight is 182 g/mol. The monoisotopic (exact) mass is 182 g/mol. The predicted octanol–water partition coefficient (Wildman–Crippen LogP) is -0.0864. The maximum atomic E-state index is 10.00. The molecule has 1 fully saturated rings. The first-order chi connectivity index (χ1) is 6.08. The summed E-state index contributed by atoms with van der Waals surface area (Å²) >= 11 is 0. The van der Waals surface area contributed by atoms with E-state index in [2.05, 4.69) is 15.4 Å². The van der Waals surface area contributed by atoms with Crippen molar-refractivity contribution in [3.8, 4) is 0 Å². The molecule has 0 aromatic carbocycles. The van der Waals surface area contributed by atoms with Gasteiger partial charge in [0.25, 0.3) is 0 Å². The number of aryl methyl sites for hydroxylation is 1. The quantitative estimate of drug-likeness (QED) is 0.709. The molecule has 1 aromatic rings. The van der Waals surface area contributed by atoms with Crippen molar-refractivity contribution in [1.82, 2.24) is 20.2 Å². The van der Waals surface area contributed by atoms with Crippen LogP contribution in [0.4, 0.5) is 0 Å². The number of aliphatic hydroxyl groups is 1. The van der Waals surface area contributed by atoms with Crippen LogP contribution in [0.15, 0.2) is 0 Å². The minimum atomic E-state index is -0.650. The Bertz CT molecular complexity index is 303. The Kier molecular flexibility index (Phi) is 1.83. The average Bonchev–Trinajstić information content (AvgIpc) is 2.78. The number of rotatable bonds is 3. The fraction of sp³-hybridized carbons (Fsp3) is 0.875. The van der Waals surface area contributed by atoms with Gasteiger partial charge in [0.2, 0.25) is 0 Å². The van der Waals surface area contributed by atoms with E-state index in [-0.39, 0.29) is 0 Å². The fourth-order valence-electron chi connectivity index (χ4n) is 1.56. The molecule has 1 heterocycles. The molecule has 0 bridgehead atoms. The van der Waals surface area contributed by atoms with Crippen molar-refractivity contribution in [2.75, 3.05) is 0 Å². The molecular formula is C8H14N4O. The zero-order chi connectivity index (χ0) is 9.47. The number of nitrogens with zero attached hydrogens (tertiary/aromatic N) is 4. The number of tetrazole rings is 1. The molecular weight excluding hydrogens is 168 g/mol. The predicted molar refractivity (Wildman–Crippen MR) is 45.8 cm³/mol. The highest BCUT2D eigenvalue weighted by atomic mass is 16.3. The lowest BCUT2D eigenvalue weighted by Crippen LogP contribution is -2.30. The number of hydrogen-bond acceptors (Lipinski definition) is 4. The molecule has 0 radical (unpaired) electrons. The normalized spacial score (nSPS) is 21.5. The van der Waals surface area contributed by atoms with E-state index in [1.54, 1.807) is 7.05 Å². The SMILES string of the molecule is Cn1nnc(CC(C)(O)C2CC2)n1. The topological polar surface area (TPSA) is 63.8 Å². The molecule has 1 aromatic heterocycles. The lowest BCUT2D eigenvalue weighted by atomic mass is 9.96. The fourth-order valence-corrected chi connectivity index (χ4v) is 1.56. The van der Waals surface area contributed by atoms with Crippen LogP contribution in [0.2, 0.25) is 0 Å². The molecule has 1 aliphatic rings. The van der Waals surface area contributed by atoms with Gasteiger partial charge in [0.15, 0.2) is 5.82 Å². The zero-order valence-corrected chi connectivity index (χ0v) is 7.93. The zero-order valence-electron chi connectivity index (χ0n) is 7.93.